The summed E-state index contributed by atoms with van der Waals surface area (Å²) in [5.41, 5.74) is 0.964. The van der Waals surface area contributed by atoms with Gasteiger partial charge in [-0.05, 0) is 35.9 Å². The van der Waals surface area contributed by atoms with Gasteiger partial charge in [-0.15, -0.1) is 0 Å². The van der Waals surface area contributed by atoms with Gasteiger partial charge in [-0.3, -0.25) is 9.48 Å². The molecule has 2 aromatic carbocycles. The molecule has 10 heteroatoms. The van der Waals surface area contributed by atoms with Crippen LogP contribution in [0.4, 0.5) is 13.2 Å². The maximum Gasteiger partial charge on any atom is 0.433 e. The number of hydrogen-bond donors (Lipinski definition) is 1. The van der Waals surface area contributed by atoms with E-state index in [1.165, 1.54) is 6.07 Å². The van der Waals surface area contributed by atoms with E-state index in [0.29, 0.717) is 15.8 Å². The summed E-state index contributed by atoms with van der Waals surface area (Å²) >= 11 is 0. The van der Waals surface area contributed by atoms with Crippen LogP contribution < -0.4 is 5.32 Å². The topological polar surface area (TPSA) is 77.1 Å². The van der Waals surface area contributed by atoms with E-state index >= 15 is 0 Å². The fraction of sp³-hybridized carbons (Fsp3) is 0.167. The van der Waals surface area contributed by atoms with Gasteiger partial charge in [0.1, 0.15) is 0 Å². The summed E-state index contributed by atoms with van der Waals surface area (Å²) in [6.45, 7) is 1.99. The molecule has 0 spiro atoms. The van der Waals surface area contributed by atoms with Crippen LogP contribution in [-0.4, -0.2) is 30.3 Å². The highest BCUT2D eigenvalue weighted by Gasteiger charge is 2.35. The number of aromatic nitrogens is 5. The van der Waals surface area contributed by atoms with Crippen LogP contribution in [0.3, 0.4) is 0 Å². The molecule has 0 bridgehead atoms. The summed E-state index contributed by atoms with van der Waals surface area (Å²) in [7, 11) is 1.78. The minimum Gasteiger partial charge on any atom is -0.345 e. The molecule has 3 aromatic heterocycles. The lowest BCUT2D eigenvalue weighted by atomic mass is 10.0. The first-order chi connectivity index (χ1) is 16.2. The fourth-order valence-corrected chi connectivity index (χ4v) is 3.77. The van der Waals surface area contributed by atoms with Gasteiger partial charge < -0.3 is 5.32 Å². The number of fused-ring (bicyclic) bond motifs is 2. The summed E-state index contributed by atoms with van der Waals surface area (Å²) in [4.78, 5) is 17.0. The molecule has 7 nitrogen and oxygen atoms in total. The number of benzene rings is 2. The van der Waals surface area contributed by atoms with Gasteiger partial charge in [-0.25, -0.2) is 9.50 Å². The molecule has 1 N–H and O–H groups in total. The lowest BCUT2D eigenvalue weighted by Crippen LogP contribution is -2.23. The molecule has 0 aliphatic rings. The normalized spacial score (nSPS) is 11.9. The smallest absolute Gasteiger partial charge is 0.345 e. The van der Waals surface area contributed by atoms with Crippen LogP contribution in [0.15, 0.2) is 60.7 Å². The van der Waals surface area contributed by atoms with E-state index in [1.54, 1.807) is 23.9 Å². The molecule has 0 fully saturated rings. The Balaban J connectivity index is 1.52. The van der Waals surface area contributed by atoms with Gasteiger partial charge in [-0.2, -0.15) is 23.4 Å². The highest BCUT2D eigenvalue weighted by atomic mass is 19.4. The van der Waals surface area contributed by atoms with Crippen molar-refractivity contribution in [3.8, 4) is 11.3 Å². The van der Waals surface area contributed by atoms with Gasteiger partial charge >= 0.3 is 6.18 Å². The number of hydrogen-bond acceptors (Lipinski definition) is 4. The second-order valence-electron chi connectivity index (χ2n) is 7.97. The summed E-state index contributed by atoms with van der Waals surface area (Å²) in [6, 6.07) is 16.9. The van der Waals surface area contributed by atoms with Crippen molar-refractivity contribution in [1.29, 1.82) is 0 Å². The molecule has 3 heterocycles. The molecule has 0 aliphatic heterocycles. The van der Waals surface area contributed by atoms with Gasteiger partial charge in [0.25, 0.3) is 5.91 Å². The number of aryl methyl sites for hydroxylation is 2. The molecule has 0 unspecified atom stereocenters. The number of carbonyl (C=O) groups excluding carboxylic acids is 1. The van der Waals surface area contributed by atoms with Crippen LogP contribution in [0.25, 0.3) is 27.7 Å². The Kier molecular flexibility index (Phi) is 5.07. The Bertz CT molecular complexity index is 1530. The van der Waals surface area contributed by atoms with Crippen LogP contribution in [0.1, 0.15) is 27.6 Å². The van der Waals surface area contributed by atoms with Crippen molar-refractivity contribution in [2.45, 2.75) is 19.6 Å². The van der Waals surface area contributed by atoms with Crippen molar-refractivity contribution in [3.63, 3.8) is 0 Å². The van der Waals surface area contributed by atoms with E-state index in [4.69, 9.17) is 0 Å². The van der Waals surface area contributed by atoms with Crippen molar-refractivity contribution in [2.24, 2.45) is 7.05 Å². The third-order valence-electron chi connectivity index (χ3n) is 5.59. The molecule has 5 aromatic rings. The Labute approximate surface area is 191 Å². The summed E-state index contributed by atoms with van der Waals surface area (Å²) in [5.74, 6) is -0.616. The Morgan fingerprint density at radius 3 is 2.47 bits per heavy atom. The maximum atomic E-state index is 13.9. The lowest BCUT2D eigenvalue weighted by Gasteiger charge is -2.11. The zero-order chi connectivity index (χ0) is 24.0. The van der Waals surface area contributed by atoms with Gasteiger partial charge in [0.2, 0.25) is 0 Å². The van der Waals surface area contributed by atoms with E-state index in [9.17, 15) is 18.0 Å². The highest BCUT2D eigenvalue weighted by Crippen LogP contribution is 2.33. The zero-order valence-corrected chi connectivity index (χ0v) is 18.3. The van der Waals surface area contributed by atoms with E-state index in [2.05, 4.69) is 20.5 Å². The first-order valence-electron chi connectivity index (χ1n) is 10.4. The number of carbonyl (C=O) groups is 1. The molecule has 0 aliphatic carbocycles. The third-order valence-corrected chi connectivity index (χ3v) is 5.59. The number of halogens is 3. The van der Waals surface area contributed by atoms with E-state index in [1.807, 2.05) is 43.3 Å². The SMILES string of the molecule is Cc1cc(CNC(=O)c2cc3nc(-c4ccc5ccccc5c4)cc(C(F)(F)F)n3n2)nn1C. The third kappa shape index (κ3) is 3.98. The number of rotatable bonds is 4. The Hall–Kier alpha value is -4.21. The van der Waals surface area contributed by atoms with Crippen LogP contribution in [0.5, 0.6) is 0 Å². The zero-order valence-electron chi connectivity index (χ0n) is 18.3. The first kappa shape index (κ1) is 21.6. The standard InChI is InChI=1S/C24H19F3N6O/c1-14-9-18(30-32(14)2)13-28-23(34)20-12-22-29-19(11-21(24(25,26)27)33(22)31-20)17-8-7-15-5-3-4-6-16(15)10-17/h3-12H,13H2,1-2H3,(H,28,34). The quantitative estimate of drug-likeness (QED) is 0.424. The van der Waals surface area contributed by atoms with Crippen molar-refractivity contribution < 1.29 is 18.0 Å². The monoisotopic (exact) mass is 464 g/mol. The molecule has 172 valence electrons. The first-order valence-corrected chi connectivity index (χ1v) is 10.4. The van der Waals surface area contributed by atoms with Crippen LogP contribution >= 0.6 is 0 Å². The Morgan fingerprint density at radius 1 is 1.00 bits per heavy atom. The number of alkyl halides is 3. The average Bonchev–Trinajstić information content (AvgIpc) is 3.38. The minimum atomic E-state index is -4.70. The molecule has 5 rings (SSSR count). The summed E-state index contributed by atoms with van der Waals surface area (Å²) in [5, 5.41) is 12.6. The van der Waals surface area contributed by atoms with E-state index in [0.717, 1.165) is 22.5 Å². The predicted octanol–water partition coefficient (Wildman–Crippen LogP) is 4.54. The largest absolute Gasteiger partial charge is 0.433 e. The molecule has 0 atom stereocenters. The van der Waals surface area contributed by atoms with Crippen LogP contribution in [-0.2, 0) is 19.8 Å². The minimum absolute atomic E-state index is 0.0724. The second kappa shape index (κ2) is 7.98. The van der Waals surface area contributed by atoms with Crippen molar-refractivity contribution in [2.75, 3.05) is 0 Å². The second-order valence-corrected chi connectivity index (χ2v) is 7.97. The average molecular weight is 464 g/mol. The molecule has 1 amide bonds. The molecule has 0 saturated carbocycles. The molecule has 34 heavy (non-hydrogen) atoms. The number of nitrogens with one attached hydrogen (secondary N) is 1. The van der Waals surface area contributed by atoms with E-state index < -0.39 is 17.8 Å². The Morgan fingerprint density at radius 2 is 1.76 bits per heavy atom. The highest BCUT2D eigenvalue weighted by molar-refractivity contribution is 5.93. The number of amides is 1. The maximum absolute atomic E-state index is 13.9. The van der Waals surface area contributed by atoms with Gasteiger partial charge in [0.05, 0.1) is 17.9 Å². The van der Waals surface area contributed by atoms with E-state index in [-0.39, 0.29) is 23.6 Å². The summed E-state index contributed by atoms with van der Waals surface area (Å²) in [6.07, 6.45) is -4.70. The summed E-state index contributed by atoms with van der Waals surface area (Å²) < 4.78 is 44.0. The molecular weight excluding hydrogens is 445 g/mol. The van der Waals surface area contributed by atoms with Crippen molar-refractivity contribution in [1.82, 2.24) is 29.7 Å². The van der Waals surface area contributed by atoms with Crippen molar-refractivity contribution in [3.05, 3.63) is 83.4 Å². The van der Waals surface area contributed by atoms with Gasteiger partial charge in [0.15, 0.2) is 17.0 Å². The predicted molar refractivity (Wildman–Crippen MR) is 120 cm³/mol. The molecule has 0 saturated heterocycles. The number of nitrogens with zero attached hydrogens (tertiary/aromatic N) is 5. The van der Waals surface area contributed by atoms with Crippen molar-refractivity contribution >= 4 is 22.3 Å². The lowest BCUT2D eigenvalue weighted by molar-refractivity contribution is -0.142. The van der Waals surface area contributed by atoms with Crippen LogP contribution in [0.2, 0.25) is 0 Å². The van der Waals surface area contributed by atoms with Gasteiger partial charge in [0, 0.05) is 24.4 Å². The van der Waals surface area contributed by atoms with Gasteiger partial charge in [-0.1, -0.05) is 36.4 Å². The van der Waals surface area contributed by atoms with Crippen LogP contribution in [0, 0.1) is 6.92 Å². The molecule has 0 radical (unpaired) electrons. The molecular formula is C24H19F3N6O. The fourth-order valence-electron chi connectivity index (χ4n) is 3.77.